The predicted octanol–water partition coefficient (Wildman–Crippen LogP) is 2.12. The van der Waals surface area contributed by atoms with Crippen molar-refractivity contribution in [2.24, 2.45) is 5.73 Å². The zero-order valence-electron chi connectivity index (χ0n) is 13.1. The predicted molar refractivity (Wildman–Crippen MR) is 86.0 cm³/mol. The molecule has 1 unspecified atom stereocenters. The zero-order chi connectivity index (χ0) is 16.1. The van der Waals surface area contributed by atoms with Crippen molar-refractivity contribution < 1.29 is 14.3 Å². The highest BCUT2D eigenvalue weighted by atomic mass is 16.6. The summed E-state index contributed by atoms with van der Waals surface area (Å²) in [5.74, 6) is 0.0957. The third-order valence-electron chi connectivity index (χ3n) is 3.66. The van der Waals surface area contributed by atoms with E-state index in [-0.39, 0.29) is 18.1 Å². The van der Waals surface area contributed by atoms with Crippen LogP contribution in [0.1, 0.15) is 26.7 Å². The maximum Gasteiger partial charge on any atom is 0.414 e. The fourth-order valence-electron chi connectivity index (χ4n) is 2.48. The van der Waals surface area contributed by atoms with Gasteiger partial charge in [0, 0.05) is 30.9 Å². The van der Waals surface area contributed by atoms with Gasteiger partial charge in [-0.25, -0.2) is 4.79 Å². The van der Waals surface area contributed by atoms with Crippen LogP contribution in [0.25, 0.3) is 0 Å². The van der Waals surface area contributed by atoms with Crippen LogP contribution in [-0.2, 0) is 9.53 Å². The molecule has 1 aliphatic rings. The van der Waals surface area contributed by atoms with E-state index in [2.05, 4.69) is 0 Å². The number of benzene rings is 1. The van der Waals surface area contributed by atoms with Crippen LogP contribution in [-0.4, -0.2) is 37.7 Å². The van der Waals surface area contributed by atoms with Crippen molar-refractivity contribution in [3.05, 3.63) is 24.3 Å². The minimum absolute atomic E-state index is 0.0957. The Kier molecular flexibility index (Phi) is 5.38. The molecule has 1 heterocycles. The average Bonchev–Trinajstić information content (AvgIpc) is 2.93. The van der Waals surface area contributed by atoms with Crippen LogP contribution in [0, 0.1) is 0 Å². The quantitative estimate of drug-likeness (QED) is 0.873. The molecule has 2 N–H and O–H groups in total. The second kappa shape index (κ2) is 7.26. The summed E-state index contributed by atoms with van der Waals surface area (Å²) in [6.45, 7) is 5.36. The number of amides is 2. The van der Waals surface area contributed by atoms with E-state index >= 15 is 0 Å². The van der Waals surface area contributed by atoms with Gasteiger partial charge in [0.15, 0.2) is 0 Å². The van der Waals surface area contributed by atoms with Gasteiger partial charge in [-0.2, -0.15) is 0 Å². The van der Waals surface area contributed by atoms with Crippen molar-refractivity contribution in [3.8, 4) is 0 Å². The average molecular weight is 305 g/mol. The normalized spacial score (nSPS) is 17.5. The fraction of sp³-hybridized carbons (Fsp3) is 0.500. The Morgan fingerprint density at radius 2 is 2.05 bits per heavy atom. The Bertz CT molecular complexity index is 530. The summed E-state index contributed by atoms with van der Waals surface area (Å²) in [4.78, 5) is 27.1. The molecule has 0 radical (unpaired) electrons. The third kappa shape index (κ3) is 3.39. The van der Waals surface area contributed by atoms with E-state index in [9.17, 15) is 9.59 Å². The van der Waals surface area contributed by atoms with E-state index < -0.39 is 0 Å². The lowest BCUT2D eigenvalue weighted by Crippen LogP contribution is -2.31. The first-order valence-corrected chi connectivity index (χ1v) is 7.69. The van der Waals surface area contributed by atoms with Gasteiger partial charge in [0.2, 0.25) is 5.91 Å². The maximum atomic E-state index is 12.0. The van der Waals surface area contributed by atoms with E-state index in [1.165, 1.54) is 0 Å². The van der Waals surface area contributed by atoms with Crippen LogP contribution >= 0.6 is 0 Å². The molecule has 120 valence electrons. The zero-order valence-corrected chi connectivity index (χ0v) is 13.1. The first-order valence-electron chi connectivity index (χ1n) is 7.69. The molecule has 0 aromatic heterocycles. The smallest absolute Gasteiger partial charge is 0.414 e. The van der Waals surface area contributed by atoms with Gasteiger partial charge in [0.1, 0.15) is 6.10 Å². The van der Waals surface area contributed by atoms with Gasteiger partial charge in [0.25, 0.3) is 0 Å². The van der Waals surface area contributed by atoms with Gasteiger partial charge < -0.3 is 15.4 Å². The lowest BCUT2D eigenvalue weighted by Gasteiger charge is -2.22. The lowest BCUT2D eigenvalue weighted by atomic mass is 10.2. The number of nitrogens with two attached hydrogens (primary N) is 1. The van der Waals surface area contributed by atoms with Gasteiger partial charge in [-0.15, -0.1) is 0 Å². The SMILES string of the molecule is CCCN(C(=O)CC)c1ccc(N2CC(CN)OC2=O)cc1. The second-order valence-electron chi connectivity index (χ2n) is 5.27. The van der Waals surface area contributed by atoms with Crippen LogP contribution < -0.4 is 15.5 Å². The molecule has 1 atom stereocenters. The topological polar surface area (TPSA) is 75.9 Å². The molecular weight excluding hydrogens is 282 g/mol. The number of nitrogens with zero attached hydrogens (tertiary/aromatic N) is 2. The molecular formula is C16H23N3O3. The van der Waals surface area contributed by atoms with Crippen LogP contribution in [0.3, 0.4) is 0 Å². The van der Waals surface area contributed by atoms with Crippen LogP contribution in [0.15, 0.2) is 24.3 Å². The summed E-state index contributed by atoms with van der Waals surface area (Å²) in [6, 6.07) is 7.39. The van der Waals surface area contributed by atoms with Crippen molar-refractivity contribution in [2.45, 2.75) is 32.8 Å². The summed E-state index contributed by atoms with van der Waals surface area (Å²) in [7, 11) is 0. The number of anilines is 2. The molecule has 2 amide bonds. The summed E-state index contributed by atoms with van der Waals surface area (Å²) < 4.78 is 5.15. The van der Waals surface area contributed by atoms with Crippen LogP contribution in [0.4, 0.5) is 16.2 Å². The van der Waals surface area contributed by atoms with E-state index in [0.29, 0.717) is 26.1 Å². The summed E-state index contributed by atoms with van der Waals surface area (Å²) in [5.41, 5.74) is 7.14. The van der Waals surface area contributed by atoms with E-state index in [1.54, 1.807) is 9.80 Å². The highest BCUT2D eigenvalue weighted by Gasteiger charge is 2.31. The number of rotatable bonds is 6. The molecule has 6 heteroatoms. The lowest BCUT2D eigenvalue weighted by molar-refractivity contribution is -0.118. The molecule has 0 saturated carbocycles. The van der Waals surface area contributed by atoms with Gasteiger partial charge in [-0.05, 0) is 30.7 Å². The minimum atomic E-state index is -0.377. The number of hydrogen-bond donors (Lipinski definition) is 1. The summed E-state index contributed by atoms with van der Waals surface area (Å²) in [5, 5.41) is 0. The Labute approximate surface area is 130 Å². The second-order valence-corrected chi connectivity index (χ2v) is 5.27. The molecule has 2 rings (SSSR count). The van der Waals surface area contributed by atoms with Crippen molar-refractivity contribution >= 4 is 23.4 Å². The van der Waals surface area contributed by atoms with Gasteiger partial charge >= 0.3 is 6.09 Å². The van der Waals surface area contributed by atoms with Crippen LogP contribution in [0.2, 0.25) is 0 Å². The summed E-state index contributed by atoms with van der Waals surface area (Å²) in [6.07, 6.45) is 0.728. The number of hydrogen-bond acceptors (Lipinski definition) is 4. The maximum absolute atomic E-state index is 12.0. The van der Waals surface area contributed by atoms with Crippen molar-refractivity contribution in [1.82, 2.24) is 0 Å². The van der Waals surface area contributed by atoms with Gasteiger partial charge in [0.05, 0.1) is 6.54 Å². The molecule has 0 aliphatic carbocycles. The molecule has 0 spiro atoms. The molecule has 0 bridgehead atoms. The Morgan fingerprint density at radius 1 is 1.36 bits per heavy atom. The standard InChI is InChI=1S/C16H23N3O3/c1-3-9-18(15(20)4-2)12-5-7-13(8-6-12)19-11-14(10-17)22-16(19)21/h5-8,14H,3-4,9-11,17H2,1-2H3. The highest BCUT2D eigenvalue weighted by molar-refractivity contribution is 5.94. The van der Waals surface area contributed by atoms with Crippen molar-refractivity contribution in [2.75, 3.05) is 29.4 Å². The molecule has 1 aromatic rings. The molecule has 1 fully saturated rings. The highest BCUT2D eigenvalue weighted by Crippen LogP contribution is 2.25. The largest absolute Gasteiger partial charge is 0.443 e. The Hall–Kier alpha value is -2.08. The Balaban J connectivity index is 2.15. The first kappa shape index (κ1) is 16.3. The van der Waals surface area contributed by atoms with Crippen molar-refractivity contribution in [3.63, 3.8) is 0 Å². The molecule has 22 heavy (non-hydrogen) atoms. The number of carbonyl (C=O) groups is 2. The van der Waals surface area contributed by atoms with E-state index in [1.807, 2.05) is 38.1 Å². The van der Waals surface area contributed by atoms with E-state index in [0.717, 1.165) is 17.8 Å². The summed E-state index contributed by atoms with van der Waals surface area (Å²) >= 11 is 0. The monoisotopic (exact) mass is 305 g/mol. The molecule has 6 nitrogen and oxygen atoms in total. The molecule has 1 aromatic carbocycles. The number of ether oxygens (including phenoxy) is 1. The Morgan fingerprint density at radius 3 is 2.55 bits per heavy atom. The third-order valence-corrected chi connectivity index (χ3v) is 3.66. The fourth-order valence-corrected chi connectivity index (χ4v) is 2.48. The number of carbonyl (C=O) groups excluding carboxylic acids is 2. The van der Waals surface area contributed by atoms with Crippen LogP contribution in [0.5, 0.6) is 0 Å². The number of cyclic esters (lactones) is 1. The van der Waals surface area contributed by atoms with Crippen molar-refractivity contribution in [1.29, 1.82) is 0 Å². The molecule has 1 aliphatic heterocycles. The van der Waals surface area contributed by atoms with Gasteiger partial charge in [-0.1, -0.05) is 13.8 Å². The van der Waals surface area contributed by atoms with Gasteiger partial charge in [-0.3, -0.25) is 9.69 Å². The first-order chi connectivity index (χ1) is 10.6. The minimum Gasteiger partial charge on any atom is -0.443 e. The van der Waals surface area contributed by atoms with E-state index in [4.69, 9.17) is 10.5 Å². The molecule has 1 saturated heterocycles.